The molecule has 0 aromatic carbocycles. The maximum absolute atomic E-state index is 13.4. The minimum Gasteiger partial charge on any atom is -0.478 e. The highest BCUT2D eigenvalue weighted by Gasteiger charge is 2.41. The third kappa shape index (κ3) is 3.54. The molecule has 8 heteroatoms. The number of hydrogen-bond donors (Lipinski definition) is 1. The number of carboxylic acids is 1. The summed E-state index contributed by atoms with van der Waals surface area (Å²) < 4.78 is 5.76. The lowest BCUT2D eigenvalue weighted by atomic mass is 10.0. The number of fused-ring (bicyclic) bond motifs is 3. The Hall–Kier alpha value is -3.65. The SMILES string of the molecule is O=C(O)c1ccc(N2C3CCC2CN(CC(=O)N2C=CCC2c2ccc4cccoc2-4)C3)nc1. The molecule has 5 aliphatic rings. The first-order valence-corrected chi connectivity index (χ1v) is 11.7. The Morgan fingerprint density at radius 3 is 2.65 bits per heavy atom. The van der Waals surface area contributed by atoms with Crippen molar-refractivity contribution in [3.8, 4) is 11.3 Å². The van der Waals surface area contributed by atoms with Gasteiger partial charge in [0.05, 0.1) is 24.4 Å². The standard InChI is InChI=1S/C26H26N4O4/c31-24(29-11-1-4-22(29)21-9-5-17-3-2-12-34-25(17)21)16-28-14-19-7-8-20(15-28)30(19)23-10-6-18(13-27-23)26(32)33/h1-3,5-6,9-13,19-20,22H,4,7-8,14-16H2,(H,32,33). The highest BCUT2D eigenvalue weighted by molar-refractivity contribution is 5.87. The van der Waals surface area contributed by atoms with E-state index in [1.807, 2.05) is 29.3 Å². The number of aromatic carboxylic acids is 1. The molecule has 1 aliphatic carbocycles. The third-order valence-electron chi connectivity index (χ3n) is 7.29. The number of likely N-dealkylation sites (tertiary alicyclic amines) is 1. The van der Waals surface area contributed by atoms with Crippen molar-refractivity contribution >= 4 is 17.7 Å². The number of carbonyl (C=O) groups is 2. The number of aromatic nitrogens is 1. The van der Waals surface area contributed by atoms with Gasteiger partial charge < -0.3 is 19.3 Å². The minimum atomic E-state index is -0.969. The summed E-state index contributed by atoms with van der Waals surface area (Å²) in [4.78, 5) is 35.3. The number of nitrogens with zero attached hydrogens (tertiary/aromatic N) is 4. The molecule has 2 fully saturated rings. The fourth-order valence-corrected chi connectivity index (χ4v) is 5.76. The van der Waals surface area contributed by atoms with Gasteiger partial charge in [-0.05, 0) is 43.5 Å². The molecule has 2 saturated heterocycles. The van der Waals surface area contributed by atoms with Crippen molar-refractivity contribution in [1.82, 2.24) is 14.8 Å². The summed E-state index contributed by atoms with van der Waals surface area (Å²) in [6.07, 6.45) is 9.94. The Bertz CT molecular complexity index is 1210. The Morgan fingerprint density at radius 1 is 1.09 bits per heavy atom. The maximum Gasteiger partial charge on any atom is 0.337 e. The summed E-state index contributed by atoms with van der Waals surface area (Å²) >= 11 is 0. The van der Waals surface area contributed by atoms with Crippen LogP contribution in [0.2, 0.25) is 0 Å². The number of rotatable bonds is 5. The van der Waals surface area contributed by atoms with Gasteiger partial charge in [-0.15, -0.1) is 0 Å². The summed E-state index contributed by atoms with van der Waals surface area (Å²) in [5.41, 5.74) is 2.29. The van der Waals surface area contributed by atoms with Crippen molar-refractivity contribution in [2.75, 3.05) is 24.5 Å². The predicted octanol–water partition coefficient (Wildman–Crippen LogP) is 3.62. The molecule has 0 spiro atoms. The average Bonchev–Trinajstić information content (AvgIpc) is 3.55. The molecule has 34 heavy (non-hydrogen) atoms. The molecule has 0 radical (unpaired) electrons. The molecule has 0 saturated carbocycles. The van der Waals surface area contributed by atoms with E-state index >= 15 is 0 Å². The zero-order valence-corrected chi connectivity index (χ0v) is 18.7. The van der Waals surface area contributed by atoms with Gasteiger partial charge in [0.1, 0.15) is 11.6 Å². The molecule has 2 bridgehead atoms. The van der Waals surface area contributed by atoms with E-state index in [4.69, 9.17) is 9.52 Å². The highest BCUT2D eigenvalue weighted by atomic mass is 16.4. The van der Waals surface area contributed by atoms with Crippen molar-refractivity contribution < 1.29 is 19.1 Å². The highest BCUT2D eigenvalue weighted by Crippen LogP contribution is 2.39. The smallest absolute Gasteiger partial charge is 0.337 e. The van der Waals surface area contributed by atoms with Crippen LogP contribution in [0.5, 0.6) is 0 Å². The predicted molar refractivity (Wildman–Crippen MR) is 126 cm³/mol. The van der Waals surface area contributed by atoms with Crippen LogP contribution in [0.15, 0.2) is 65.6 Å². The van der Waals surface area contributed by atoms with Crippen LogP contribution in [0.25, 0.3) is 11.3 Å². The Kier molecular flexibility index (Phi) is 5.10. The molecule has 1 aromatic rings. The van der Waals surface area contributed by atoms with Gasteiger partial charge >= 0.3 is 5.97 Å². The second-order valence-corrected chi connectivity index (χ2v) is 9.32. The van der Waals surface area contributed by atoms with E-state index in [2.05, 4.69) is 26.9 Å². The van der Waals surface area contributed by atoms with Gasteiger partial charge in [0.15, 0.2) is 0 Å². The van der Waals surface area contributed by atoms with Crippen LogP contribution in [-0.2, 0) is 4.79 Å². The molecule has 174 valence electrons. The number of hydrogen-bond acceptors (Lipinski definition) is 6. The lowest BCUT2D eigenvalue weighted by Crippen LogP contribution is -2.56. The molecule has 1 N–H and O–H groups in total. The fraction of sp³-hybridized carbons (Fsp3) is 0.346. The van der Waals surface area contributed by atoms with Crippen molar-refractivity contribution in [1.29, 1.82) is 0 Å². The zero-order chi connectivity index (χ0) is 23.2. The summed E-state index contributed by atoms with van der Waals surface area (Å²) in [6.45, 7) is 1.96. The fourth-order valence-electron chi connectivity index (χ4n) is 5.76. The monoisotopic (exact) mass is 458 g/mol. The van der Waals surface area contributed by atoms with E-state index in [0.29, 0.717) is 6.54 Å². The van der Waals surface area contributed by atoms with E-state index in [-0.39, 0.29) is 29.6 Å². The van der Waals surface area contributed by atoms with Gasteiger partial charge in [0, 0.05) is 48.7 Å². The van der Waals surface area contributed by atoms with Crippen molar-refractivity contribution in [2.24, 2.45) is 0 Å². The van der Waals surface area contributed by atoms with Gasteiger partial charge in [-0.1, -0.05) is 18.2 Å². The molecule has 1 amide bonds. The Balaban J connectivity index is 1.13. The van der Waals surface area contributed by atoms with Gasteiger partial charge in [-0.3, -0.25) is 9.69 Å². The van der Waals surface area contributed by atoms with Crippen LogP contribution in [0.4, 0.5) is 5.82 Å². The number of anilines is 1. The first kappa shape index (κ1) is 20.9. The van der Waals surface area contributed by atoms with Gasteiger partial charge in [0.2, 0.25) is 5.91 Å². The van der Waals surface area contributed by atoms with Crippen molar-refractivity contribution in [3.63, 3.8) is 0 Å². The average molecular weight is 459 g/mol. The maximum atomic E-state index is 13.4. The van der Waals surface area contributed by atoms with Crippen molar-refractivity contribution in [3.05, 3.63) is 72.3 Å². The molecular formula is C26H26N4O4. The minimum absolute atomic E-state index is 0.0360. The van der Waals surface area contributed by atoms with E-state index < -0.39 is 5.97 Å². The van der Waals surface area contributed by atoms with Crippen LogP contribution >= 0.6 is 0 Å². The molecule has 5 heterocycles. The number of piperazine rings is 1. The first-order valence-electron chi connectivity index (χ1n) is 11.7. The summed E-state index contributed by atoms with van der Waals surface area (Å²) in [7, 11) is 0. The Morgan fingerprint density at radius 2 is 1.91 bits per heavy atom. The van der Waals surface area contributed by atoms with Crippen LogP contribution < -0.4 is 4.90 Å². The second-order valence-electron chi connectivity index (χ2n) is 9.32. The Labute approximate surface area is 197 Å². The molecular weight excluding hydrogens is 432 g/mol. The summed E-state index contributed by atoms with van der Waals surface area (Å²) in [6, 6.07) is 11.9. The van der Waals surface area contributed by atoms with E-state index in [0.717, 1.165) is 55.1 Å². The van der Waals surface area contributed by atoms with E-state index in [9.17, 15) is 9.59 Å². The number of amides is 1. The molecule has 1 aromatic heterocycles. The van der Waals surface area contributed by atoms with Gasteiger partial charge in [-0.25, -0.2) is 9.78 Å². The summed E-state index contributed by atoms with van der Waals surface area (Å²) in [5, 5.41) is 9.14. The van der Waals surface area contributed by atoms with Crippen LogP contribution in [0.1, 0.15) is 41.2 Å². The van der Waals surface area contributed by atoms with Crippen LogP contribution in [0.3, 0.4) is 0 Å². The number of pyridine rings is 1. The molecule has 3 unspecified atom stereocenters. The van der Waals surface area contributed by atoms with Gasteiger partial charge in [0.25, 0.3) is 0 Å². The lowest BCUT2D eigenvalue weighted by molar-refractivity contribution is -0.131. The van der Waals surface area contributed by atoms with Crippen molar-refractivity contribution in [2.45, 2.75) is 37.4 Å². The lowest BCUT2D eigenvalue weighted by Gasteiger charge is -2.42. The molecule has 8 nitrogen and oxygen atoms in total. The summed E-state index contributed by atoms with van der Waals surface area (Å²) in [5.74, 6) is 0.795. The largest absolute Gasteiger partial charge is 0.478 e. The first-order chi connectivity index (χ1) is 16.6. The molecule has 6 rings (SSSR count). The zero-order valence-electron chi connectivity index (χ0n) is 18.7. The van der Waals surface area contributed by atoms with E-state index in [1.165, 1.54) is 6.20 Å². The molecule has 3 atom stereocenters. The van der Waals surface area contributed by atoms with Crippen LogP contribution in [0, 0.1) is 0 Å². The quantitative estimate of drug-likeness (QED) is 0.625. The van der Waals surface area contributed by atoms with Gasteiger partial charge in [-0.2, -0.15) is 0 Å². The van der Waals surface area contributed by atoms with Crippen LogP contribution in [-0.4, -0.2) is 63.5 Å². The topological polar surface area (TPSA) is 90.1 Å². The second kappa shape index (κ2) is 8.29. The van der Waals surface area contributed by atoms with E-state index in [1.54, 1.807) is 18.4 Å². The molecule has 4 aliphatic heterocycles. The normalized spacial score (nSPS) is 24.3. The number of carbonyl (C=O) groups excluding carboxylic acids is 1. The number of carboxylic acid groups (broad SMARTS) is 1. The third-order valence-corrected chi connectivity index (χ3v) is 7.29.